The third kappa shape index (κ3) is 8.43. The van der Waals surface area contributed by atoms with E-state index < -0.39 is 5.60 Å². The number of guanidine groups is 1. The van der Waals surface area contributed by atoms with Crippen LogP contribution in [0.3, 0.4) is 0 Å². The summed E-state index contributed by atoms with van der Waals surface area (Å²) in [4.78, 5) is 33.1. The summed E-state index contributed by atoms with van der Waals surface area (Å²) in [6.45, 7) is 14.5. The monoisotopic (exact) mass is 449 g/mol. The molecule has 1 aromatic rings. The number of piperidine rings is 1. The smallest absolute Gasteiger partial charge is 0.410 e. The summed E-state index contributed by atoms with van der Waals surface area (Å²) in [5.74, 6) is 1.36. The molecule has 2 amide bonds. The molecule has 9 nitrogen and oxygen atoms in total. The van der Waals surface area contributed by atoms with Gasteiger partial charge in [0.2, 0.25) is 0 Å². The lowest BCUT2D eigenvalue weighted by molar-refractivity contribution is 0.0214. The maximum Gasteiger partial charge on any atom is 0.410 e. The van der Waals surface area contributed by atoms with E-state index in [4.69, 9.17) is 9.15 Å². The Balaban J connectivity index is 1.80. The van der Waals surface area contributed by atoms with Crippen LogP contribution in [0.2, 0.25) is 0 Å². The van der Waals surface area contributed by atoms with E-state index in [0.717, 1.165) is 38.4 Å². The summed E-state index contributed by atoms with van der Waals surface area (Å²) >= 11 is 0. The molecule has 0 aromatic carbocycles. The maximum atomic E-state index is 12.4. The first-order valence-corrected chi connectivity index (χ1v) is 11.6. The van der Waals surface area contributed by atoms with Gasteiger partial charge in [-0.1, -0.05) is 0 Å². The van der Waals surface area contributed by atoms with Crippen molar-refractivity contribution in [2.45, 2.75) is 53.1 Å². The van der Waals surface area contributed by atoms with Gasteiger partial charge in [0.1, 0.15) is 5.60 Å². The average Bonchev–Trinajstić information content (AvgIpc) is 3.28. The number of furan rings is 1. The highest BCUT2D eigenvalue weighted by Crippen LogP contribution is 2.20. The van der Waals surface area contributed by atoms with E-state index in [1.807, 2.05) is 34.6 Å². The second kappa shape index (κ2) is 12.4. The molecule has 2 heterocycles. The van der Waals surface area contributed by atoms with E-state index in [9.17, 15) is 9.59 Å². The predicted octanol–water partition coefficient (Wildman–Crippen LogP) is 2.94. The molecule has 0 bridgehead atoms. The Bertz CT molecular complexity index is 734. The van der Waals surface area contributed by atoms with Crippen molar-refractivity contribution in [3.8, 4) is 0 Å². The highest BCUT2D eigenvalue weighted by molar-refractivity contribution is 5.91. The molecule has 0 aliphatic carbocycles. The van der Waals surface area contributed by atoms with Crippen LogP contribution in [0.4, 0.5) is 4.79 Å². The van der Waals surface area contributed by atoms with Gasteiger partial charge in [-0.05, 0) is 65.5 Å². The van der Waals surface area contributed by atoms with Crippen LogP contribution in [0.1, 0.15) is 58.0 Å². The summed E-state index contributed by atoms with van der Waals surface area (Å²) in [6, 6.07) is 3.32. The second-order valence-corrected chi connectivity index (χ2v) is 8.92. The van der Waals surface area contributed by atoms with E-state index in [0.29, 0.717) is 37.9 Å². The van der Waals surface area contributed by atoms with Gasteiger partial charge in [0.25, 0.3) is 5.91 Å². The van der Waals surface area contributed by atoms with Gasteiger partial charge in [0.05, 0.1) is 12.8 Å². The number of rotatable bonds is 8. The van der Waals surface area contributed by atoms with Crippen LogP contribution < -0.4 is 10.6 Å². The Hall–Kier alpha value is -2.71. The van der Waals surface area contributed by atoms with Crippen LogP contribution in [0.25, 0.3) is 0 Å². The fourth-order valence-electron chi connectivity index (χ4n) is 3.55. The summed E-state index contributed by atoms with van der Waals surface area (Å²) in [5.41, 5.74) is -0.484. The first-order chi connectivity index (χ1) is 15.2. The first-order valence-electron chi connectivity index (χ1n) is 11.6. The van der Waals surface area contributed by atoms with Crippen LogP contribution in [0.15, 0.2) is 27.8 Å². The molecular weight excluding hydrogens is 410 g/mol. The fraction of sp³-hybridized carbons (Fsp3) is 0.696. The molecule has 0 spiro atoms. The molecule has 2 N–H and O–H groups in total. The third-order valence-corrected chi connectivity index (χ3v) is 5.16. The Morgan fingerprint density at radius 3 is 2.53 bits per heavy atom. The lowest BCUT2D eigenvalue weighted by atomic mass is 9.96. The highest BCUT2D eigenvalue weighted by Gasteiger charge is 2.27. The van der Waals surface area contributed by atoms with Crippen molar-refractivity contribution in [1.82, 2.24) is 20.4 Å². The van der Waals surface area contributed by atoms with Crippen molar-refractivity contribution in [2.24, 2.45) is 10.9 Å². The SMILES string of the molecule is CCNC(=NCCNC(=O)c1ccco1)N1CCC(CN(CC)C(=O)OC(C)(C)C)CC1. The van der Waals surface area contributed by atoms with Crippen molar-refractivity contribution >= 4 is 18.0 Å². The summed E-state index contributed by atoms with van der Waals surface area (Å²) < 4.78 is 10.6. The van der Waals surface area contributed by atoms with Crippen molar-refractivity contribution < 1.29 is 18.7 Å². The lowest BCUT2D eigenvalue weighted by Gasteiger charge is -2.36. The predicted molar refractivity (Wildman–Crippen MR) is 125 cm³/mol. The molecule has 180 valence electrons. The Morgan fingerprint density at radius 1 is 1.25 bits per heavy atom. The molecule has 2 rings (SSSR count). The van der Waals surface area contributed by atoms with Gasteiger partial charge in [0, 0.05) is 39.3 Å². The topological polar surface area (TPSA) is 99.4 Å². The Labute approximate surface area is 191 Å². The number of ether oxygens (including phenoxy) is 1. The van der Waals surface area contributed by atoms with Gasteiger partial charge in [-0.15, -0.1) is 0 Å². The third-order valence-electron chi connectivity index (χ3n) is 5.16. The first kappa shape index (κ1) is 25.5. The molecule has 1 aliphatic rings. The van der Waals surface area contributed by atoms with E-state index >= 15 is 0 Å². The Kier molecular flexibility index (Phi) is 9.87. The number of nitrogens with zero attached hydrogens (tertiary/aromatic N) is 3. The van der Waals surface area contributed by atoms with E-state index in [-0.39, 0.29) is 12.0 Å². The zero-order valence-corrected chi connectivity index (χ0v) is 20.1. The van der Waals surface area contributed by atoms with Crippen molar-refractivity contribution in [2.75, 3.05) is 45.8 Å². The minimum Gasteiger partial charge on any atom is -0.459 e. The summed E-state index contributed by atoms with van der Waals surface area (Å²) in [7, 11) is 0. The van der Waals surface area contributed by atoms with Gasteiger partial charge in [0.15, 0.2) is 11.7 Å². The number of hydrogen-bond acceptors (Lipinski definition) is 5. The zero-order valence-electron chi connectivity index (χ0n) is 20.1. The average molecular weight is 450 g/mol. The van der Waals surface area contributed by atoms with Crippen LogP contribution >= 0.6 is 0 Å². The van der Waals surface area contributed by atoms with E-state index in [1.165, 1.54) is 6.26 Å². The molecule has 1 fully saturated rings. The van der Waals surface area contributed by atoms with Gasteiger partial charge < -0.3 is 29.6 Å². The number of amides is 2. The summed E-state index contributed by atoms with van der Waals surface area (Å²) in [5, 5.41) is 6.15. The van der Waals surface area contributed by atoms with E-state index in [1.54, 1.807) is 17.0 Å². The summed E-state index contributed by atoms with van der Waals surface area (Å²) in [6.07, 6.45) is 3.21. The molecule has 0 unspecified atom stereocenters. The number of nitrogens with one attached hydrogen (secondary N) is 2. The van der Waals surface area contributed by atoms with Crippen LogP contribution in [0, 0.1) is 5.92 Å². The highest BCUT2D eigenvalue weighted by atomic mass is 16.6. The lowest BCUT2D eigenvalue weighted by Crippen LogP contribution is -2.48. The number of likely N-dealkylation sites (tertiary alicyclic amines) is 1. The van der Waals surface area contributed by atoms with Gasteiger partial charge >= 0.3 is 6.09 Å². The number of hydrogen-bond donors (Lipinski definition) is 2. The van der Waals surface area contributed by atoms with Crippen molar-refractivity contribution in [3.63, 3.8) is 0 Å². The van der Waals surface area contributed by atoms with Crippen molar-refractivity contribution in [3.05, 3.63) is 24.2 Å². The quantitative estimate of drug-likeness (QED) is 0.360. The van der Waals surface area contributed by atoms with Gasteiger partial charge in [-0.2, -0.15) is 0 Å². The molecule has 0 atom stereocenters. The molecule has 0 radical (unpaired) electrons. The van der Waals surface area contributed by atoms with Gasteiger partial charge in [-0.25, -0.2) is 4.79 Å². The number of aliphatic imine (C=N–C) groups is 1. The molecule has 1 aliphatic heterocycles. The zero-order chi connectivity index (χ0) is 23.6. The van der Waals surface area contributed by atoms with Crippen molar-refractivity contribution in [1.29, 1.82) is 0 Å². The Morgan fingerprint density at radius 2 is 1.97 bits per heavy atom. The molecule has 1 saturated heterocycles. The molecule has 1 aromatic heterocycles. The molecule has 9 heteroatoms. The van der Waals surface area contributed by atoms with Crippen LogP contribution in [-0.2, 0) is 4.74 Å². The maximum absolute atomic E-state index is 12.4. The second-order valence-electron chi connectivity index (χ2n) is 8.92. The minimum atomic E-state index is -0.484. The molecular formula is C23H39N5O4. The van der Waals surface area contributed by atoms with Crippen LogP contribution in [-0.4, -0.2) is 79.2 Å². The normalized spacial score (nSPS) is 15.4. The molecule has 32 heavy (non-hydrogen) atoms. The largest absolute Gasteiger partial charge is 0.459 e. The molecule has 0 saturated carbocycles. The van der Waals surface area contributed by atoms with E-state index in [2.05, 4.69) is 20.5 Å². The fourth-order valence-corrected chi connectivity index (χ4v) is 3.55. The number of carbonyl (C=O) groups excluding carboxylic acids is 2. The number of carbonyl (C=O) groups is 2. The van der Waals surface area contributed by atoms with Gasteiger partial charge in [-0.3, -0.25) is 9.79 Å². The minimum absolute atomic E-state index is 0.235. The van der Waals surface area contributed by atoms with Crippen LogP contribution in [0.5, 0.6) is 0 Å². The standard InChI is InChI=1S/C23H39N5O4/c1-6-24-21(26-13-12-25-20(29)19-9-8-16-31-19)28-14-10-18(11-15-28)17-27(7-2)22(30)32-23(3,4)5/h8-9,16,18H,6-7,10-15,17H2,1-5H3,(H,24,26)(H,25,29).